The first-order valence-corrected chi connectivity index (χ1v) is 8.07. The zero-order valence-electron chi connectivity index (χ0n) is 13.1. The van der Waals surface area contributed by atoms with Crippen molar-refractivity contribution in [2.45, 2.75) is 58.3 Å². The number of halogens is 1. The van der Waals surface area contributed by atoms with Crippen LogP contribution in [-0.4, -0.2) is 13.1 Å². The zero-order chi connectivity index (χ0) is 14.6. The van der Waals surface area contributed by atoms with E-state index in [1.807, 2.05) is 12.1 Å². The third kappa shape index (κ3) is 2.76. The van der Waals surface area contributed by atoms with E-state index in [9.17, 15) is 4.39 Å². The molecule has 112 valence electrons. The number of hydrogen-bond acceptors (Lipinski definition) is 1. The molecule has 2 rings (SSSR count). The summed E-state index contributed by atoms with van der Waals surface area (Å²) >= 11 is 0. The molecular weight excluding hydrogens is 249 g/mol. The van der Waals surface area contributed by atoms with Gasteiger partial charge in [-0.1, -0.05) is 51.8 Å². The van der Waals surface area contributed by atoms with Crippen molar-refractivity contribution in [1.29, 1.82) is 0 Å². The zero-order valence-corrected chi connectivity index (χ0v) is 13.1. The molecule has 0 aliphatic heterocycles. The Morgan fingerprint density at radius 1 is 1.10 bits per heavy atom. The van der Waals surface area contributed by atoms with Crippen LogP contribution >= 0.6 is 0 Å². The van der Waals surface area contributed by atoms with Gasteiger partial charge in [0.15, 0.2) is 0 Å². The van der Waals surface area contributed by atoms with E-state index >= 15 is 0 Å². The highest BCUT2D eigenvalue weighted by Gasteiger charge is 2.53. The van der Waals surface area contributed by atoms with Gasteiger partial charge in [0.1, 0.15) is 5.82 Å². The van der Waals surface area contributed by atoms with Crippen LogP contribution in [0.25, 0.3) is 0 Å². The number of benzene rings is 1. The van der Waals surface area contributed by atoms with E-state index in [0.717, 1.165) is 37.9 Å². The molecule has 0 heterocycles. The topological polar surface area (TPSA) is 12.0 Å². The minimum absolute atomic E-state index is 0.00648. The Kier molecular flexibility index (Phi) is 4.85. The van der Waals surface area contributed by atoms with Gasteiger partial charge in [0.25, 0.3) is 0 Å². The summed E-state index contributed by atoms with van der Waals surface area (Å²) in [6.07, 6.45) is 5.76. The van der Waals surface area contributed by atoms with Crippen molar-refractivity contribution in [3.63, 3.8) is 0 Å². The van der Waals surface area contributed by atoms with Gasteiger partial charge in [-0.15, -0.1) is 0 Å². The van der Waals surface area contributed by atoms with Crippen LogP contribution in [0.4, 0.5) is 4.39 Å². The molecule has 1 aliphatic rings. The van der Waals surface area contributed by atoms with Crippen LogP contribution in [0.1, 0.15) is 58.4 Å². The number of nitrogens with one attached hydrogen (secondary N) is 1. The predicted octanol–water partition coefficient (Wildman–Crippen LogP) is 4.66. The molecule has 0 atom stereocenters. The Bertz CT molecular complexity index is 429. The largest absolute Gasteiger partial charge is 0.316 e. The van der Waals surface area contributed by atoms with Gasteiger partial charge in [0.05, 0.1) is 0 Å². The summed E-state index contributed by atoms with van der Waals surface area (Å²) in [6, 6.07) is 7.35. The lowest BCUT2D eigenvalue weighted by Gasteiger charge is -2.57. The molecule has 1 aromatic rings. The molecule has 0 bridgehead atoms. The smallest absolute Gasteiger partial charge is 0.127 e. The number of rotatable bonds is 7. The lowest BCUT2D eigenvalue weighted by atomic mass is 9.48. The van der Waals surface area contributed by atoms with Crippen molar-refractivity contribution >= 4 is 0 Å². The third-order valence-corrected chi connectivity index (χ3v) is 5.26. The minimum Gasteiger partial charge on any atom is -0.316 e. The highest BCUT2D eigenvalue weighted by molar-refractivity contribution is 5.32. The summed E-state index contributed by atoms with van der Waals surface area (Å²) < 4.78 is 14.2. The Labute approximate surface area is 123 Å². The minimum atomic E-state index is -0.0356. The molecule has 0 amide bonds. The highest BCUT2D eigenvalue weighted by Crippen LogP contribution is 2.59. The maximum absolute atomic E-state index is 14.2. The van der Waals surface area contributed by atoms with Crippen molar-refractivity contribution in [3.05, 3.63) is 35.6 Å². The molecule has 1 fully saturated rings. The fourth-order valence-corrected chi connectivity index (χ4v) is 3.94. The highest BCUT2D eigenvalue weighted by atomic mass is 19.1. The van der Waals surface area contributed by atoms with E-state index in [4.69, 9.17) is 0 Å². The average Bonchev–Trinajstić information content (AvgIpc) is 2.43. The lowest BCUT2D eigenvalue weighted by Crippen LogP contribution is -2.54. The van der Waals surface area contributed by atoms with Gasteiger partial charge in [0.2, 0.25) is 0 Å². The molecule has 1 nitrogen and oxygen atoms in total. The quantitative estimate of drug-likeness (QED) is 0.715. The summed E-state index contributed by atoms with van der Waals surface area (Å²) in [5.74, 6) is -0.0356. The molecule has 20 heavy (non-hydrogen) atoms. The van der Waals surface area contributed by atoms with Gasteiger partial charge in [-0.25, -0.2) is 4.39 Å². The van der Waals surface area contributed by atoms with Gasteiger partial charge in [-0.3, -0.25) is 0 Å². The van der Waals surface area contributed by atoms with Gasteiger partial charge in [-0.2, -0.15) is 0 Å². The molecule has 1 aromatic carbocycles. The molecule has 0 spiro atoms. The Balaban J connectivity index is 2.21. The Hall–Kier alpha value is -0.890. The Morgan fingerprint density at radius 3 is 2.30 bits per heavy atom. The van der Waals surface area contributed by atoms with Crippen LogP contribution in [0.3, 0.4) is 0 Å². The first kappa shape index (κ1) is 15.5. The maximum Gasteiger partial charge on any atom is 0.127 e. The summed E-state index contributed by atoms with van der Waals surface area (Å²) in [6.45, 7) is 8.64. The van der Waals surface area contributed by atoms with E-state index in [1.54, 1.807) is 12.1 Å². The molecule has 0 unspecified atom stereocenters. The van der Waals surface area contributed by atoms with Gasteiger partial charge in [0, 0.05) is 12.0 Å². The van der Waals surface area contributed by atoms with Crippen LogP contribution in [-0.2, 0) is 5.41 Å². The van der Waals surface area contributed by atoms with Crippen molar-refractivity contribution in [2.24, 2.45) is 5.41 Å². The van der Waals surface area contributed by atoms with Gasteiger partial charge < -0.3 is 5.32 Å². The molecule has 0 radical (unpaired) electrons. The van der Waals surface area contributed by atoms with E-state index in [2.05, 4.69) is 26.1 Å². The monoisotopic (exact) mass is 277 g/mol. The first-order valence-electron chi connectivity index (χ1n) is 8.07. The predicted molar refractivity (Wildman–Crippen MR) is 83.5 cm³/mol. The van der Waals surface area contributed by atoms with Crippen LogP contribution in [0.15, 0.2) is 24.3 Å². The second kappa shape index (κ2) is 6.26. The van der Waals surface area contributed by atoms with Crippen LogP contribution in [0, 0.1) is 11.2 Å². The molecular formula is C18H28FN. The summed E-state index contributed by atoms with van der Waals surface area (Å²) in [4.78, 5) is 0. The Morgan fingerprint density at radius 2 is 1.75 bits per heavy atom. The molecule has 0 saturated heterocycles. The summed E-state index contributed by atoms with van der Waals surface area (Å²) in [5.41, 5.74) is 1.35. The standard InChI is InChI=1S/C18H28FN/c1-4-11-20-14-18(12-17(5-2,6-3)13-18)15-9-7-8-10-16(15)19/h7-10,20H,4-6,11-14H2,1-3H3. The van der Waals surface area contributed by atoms with Crippen molar-refractivity contribution in [1.82, 2.24) is 5.32 Å². The molecule has 1 aliphatic carbocycles. The van der Waals surface area contributed by atoms with Crippen LogP contribution < -0.4 is 5.32 Å². The fraction of sp³-hybridized carbons (Fsp3) is 0.667. The van der Waals surface area contributed by atoms with Crippen molar-refractivity contribution in [3.8, 4) is 0 Å². The van der Waals surface area contributed by atoms with Crippen LogP contribution in [0.5, 0.6) is 0 Å². The lowest BCUT2D eigenvalue weighted by molar-refractivity contribution is 0.0109. The van der Waals surface area contributed by atoms with Gasteiger partial charge >= 0.3 is 0 Å². The van der Waals surface area contributed by atoms with E-state index < -0.39 is 0 Å². The van der Waals surface area contributed by atoms with E-state index in [-0.39, 0.29) is 11.2 Å². The molecule has 0 aromatic heterocycles. The van der Waals surface area contributed by atoms with E-state index in [1.165, 1.54) is 12.8 Å². The SMILES string of the molecule is CCCNCC1(c2ccccc2F)CC(CC)(CC)C1. The molecule has 1 saturated carbocycles. The second-order valence-electron chi connectivity index (χ2n) is 6.50. The second-order valence-corrected chi connectivity index (χ2v) is 6.50. The number of hydrogen-bond donors (Lipinski definition) is 1. The summed E-state index contributed by atoms with van der Waals surface area (Å²) in [7, 11) is 0. The van der Waals surface area contributed by atoms with E-state index in [0.29, 0.717) is 5.41 Å². The molecule has 1 N–H and O–H groups in total. The van der Waals surface area contributed by atoms with Crippen molar-refractivity contribution in [2.75, 3.05) is 13.1 Å². The first-order chi connectivity index (χ1) is 9.61. The normalized spacial score (nSPS) is 19.6. The summed E-state index contributed by atoms with van der Waals surface area (Å²) in [5, 5.41) is 3.52. The fourth-order valence-electron chi connectivity index (χ4n) is 3.94. The molecule has 2 heteroatoms. The maximum atomic E-state index is 14.2. The van der Waals surface area contributed by atoms with Gasteiger partial charge in [-0.05, 0) is 42.9 Å². The van der Waals surface area contributed by atoms with Crippen molar-refractivity contribution < 1.29 is 4.39 Å². The third-order valence-electron chi connectivity index (χ3n) is 5.26. The average molecular weight is 277 g/mol. The van der Waals surface area contributed by atoms with Crippen LogP contribution in [0.2, 0.25) is 0 Å².